The molecule has 2 aliphatic rings. The second kappa shape index (κ2) is 5.67. The normalized spacial score (nSPS) is 23.7. The van der Waals surface area contributed by atoms with E-state index < -0.39 is 0 Å². The summed E-state index contributed by atoms with van der Waals surface area (Å²) in [5.74, 6) is 0.307. The molecule has 1 aliphatic carbocycles. The molecule has 3 nitrogen and oxygen atoms in total. The average molecular weight is 236 g/mol. The lowest BCUT2D eigenvalue weighted by molar-refractivity contribution is -0.133. The molecule has 0 radical (unpaired) electrons. The lowest BCUT2D eigenvalue weighted by atomic mass is 9.71. The van der Waals surface area contributed by atoms with Gasteiger partial charge in [0.05, 0.1) is 0 Å². The van der Waals surface area contributed by atoms with Crippen LogP contribution in [0.15, 0.2) is 12.2 Å². The van der Waals surface area contributed by atoms with Crippen LogP contribution in [-0.4, -0.2) is 30.4 Å². The van der Waals surface area contributed by atoms with E-state index in [1.165, 1.54) is 19.3 Å². The molecule has 0 atom stereocenters. The Bertz CT molecular complexity index is 293. The molecule has 0 spiro atoms. The van der Waals surface area contributed by atoms with Gasteiger partial charge in [-0.25, -0.2) is 0 Å². The zero-order valence-corrected chi connectivity index (χ0v) is 10.7. The lowest BCUT2D eigenvalue weighted by Gasteiger charge is -2.37. The molecule has 3 heteroatoms. The largest absolute Gasteiger partial charge is 0.339 e. The van der Waals surface area contributed by atoms with Crippen LogP contribution in [0.5, 0.6) is 0 Å². The summed E-state index contributed by atoms with van der Waals surface area (Å²) in [6.45, 7) is 2.35. The van der Waals surface area contributed by atoms with E-state index in [-0.39, 0.29) is 5.41 Å². The summed E-state index contributed by atoms with van der Waals surface area (Å²) in [6, 6.07) is 0. The molecule has 0 aromatic carbocycles. The van der Waals surface area contributed by atoms with E-state index in [0.717, 1.165) is 32.4 Å². The summed E-state index contributed by atoms with van der Waals surface area (Å²) in [5.41, 5.74) is 6.04. The van der Waals surface area contributed by atoms with Crippen molar-refractivity contribution >= 4 is 5.91 Å². The van der Waals surface area contributed by atoms with Crippen LogP contribution in [0.25, 0.3) is 0 Å². The van der Waals surface area contributed by atoms with Crippen LogP contribution in [-0.2, 0) is 4.79 Å². The maximum absolute atomic E-state index is 12.3. The van der Waals surface area contributed by atoms with Gasteiger partial charge in [-0.3, -0.25) is 4.79 Å². The fraction of sp³-hybridized carbons (Fsp3) is 0.786. The van der Waals surface area contributed by atoms with Gasteiger partial charge >= 0.3 is 0 Å². The predicted octanol–water partition coefficient (Wildman–Crippen LogP) is 2.07. The van der Waals surface area contributed by atoms with Crippen molar-refractivity contribution in [3.8, 4) is 0 Å². The molecule has 1 amide bonds. The van der Waals surface area contributed by atoms with Gasteiger partial charge in [0.1, 0.15) is 0 Å². The molecule has 17 heavy (non-hydrogen) atoms. The molecule has 0 aromatic rings. The molecule has 2 rings (SSSR count). The van der Waals surface area contributed by atoms with E-state index in [4.69, 9.17) is 5.73 Å². The molecule has 1 aliphatic heterocycles. The molecule has 2 N–H and O–H groups in total. The van der Waals surface area contributed by atoms with Gasteiger partial charge in [0.25, 0.3) is 0 Å². The molecule has 1 saturated carbocycles. The molecule has 0 saturated heterocycles. The number of carbonyl (C=O) groups excluding carboxylic acids is 1. The van der Waals surface area contributed by atoms with Crippen molar-refractivity contribution in [2.45, 2.75) is 44.9 Å². The van der Waals surface area contributed by atoms with Crippen LogP contribution < -0.4 is 5.73 Å². The monoisotopic (exact) mass is 236 g/mol. The average Bonchev–Trinajstić information content (AvgIpc) is 2.41. The van der Waals surface area contributed by atoms with Crippen molar-refractivity contribution in [1.82, 2.24) is 4.90 Å². The first-order valence-electron chi connectivity index (χ1n) is 6.89. The Hall–Kier alpha value is -0.830. The number of amides is 1. The maximum atomic E-state index is 12.3. The van der Waals surface area contributed by atoms with Crippen molar-refractivity contribution in [2.24, 2.45) is 11.1 Å². The minimum absolute atomic E-state index is 0.108. The van der Waals surface area contributed by atoms with Gasteiger partial charge in [-0.05, 0) is 31.2 Å². The molecule has 1 fully saturated rings. The van der Waals surface area contributed by atoms with E-state index in [9.17, 15) is 4.79 Å². The van der Waals surface area contributed by atoms with Gasteiger partial charge in [-0.2, -0.15) is 0 Å². The Morgan fingerprint density at radius 2 is 2.00 bits per heavy atom. The van der Waals surface area contributed by atoms with Crippen molar-refractivity contribution in [3.05, 3.63) is 12.2 Å². The molecule has 96 valence electrons. The van der Waals surface area contributed by atoms with Gasteiger partial charge in [0.15, 0.2) is 0 Å². The van der Waals surface area contributed by atoms with Crippen LogP contribution in [0, 0.1) is 5.41 Å². The maximum Gasteiger partial charge on any atom is 0.223 e. The molecule has 0 aromatic heterocycles. The molecule has 0 unspecified atom stereocenters. The third kappa shape index (κ3) is 3.09. The van der Waals surface area contributed by atoms with Gasteiger partial charge in [-0.15, -0.1) is 0 Å². The van der Waals surface area contributed by atoms with Crippen LogP contribution in [0.4, 0.5) is 0 Å². The van der Waals surface area contributed by atoms with Crippen molar-refractivity contribution in [1.29, 1.82) is 0 Å². The smallest absolute Gasteiger partial charge is 0.223 e. The number of hydrogen-bond donors (Lipinski definition) is 1. The standard InChI is InChI=1S/C14H24N2O/c15-12-14(7-3-1-4-8-14)11-13(17)16-9-5-2-6-10-16/h2,5H,1,3-4,6-12,15H2. The molecular weight excluding hydrogens is 212 g/mol. The van der Waals surface area contributed by atoms with Crippen molar-refractivity contribution in [2.75, 3.05) is 19.6 Å². The molecule has 1 heterocycles. The number of nitrogens with zero attached hydrogens (tertiary/aromatic N) is 1. The fourth-order valence-corrected chi connectivity index (χ4v) is 3.06. The van der Waals surface area contributed by atoms with Crippen molar-refractivity contribution in [3.63, 3.8) is 0 Å². The van der Waals surface area contributed by atoms with E-state index in [2.05, 4.69) is 12.2 Å². The molecule has 0 bridgehead atoms. The van der Waals surface area contributed by atoms with E-state index in [1.54, 1.807) is 0 Å². The van der Waals surface area contributed by atoms with Gasteiger partial charge in [0, 0.05) is 19.5 Å². The second-order valence-electron chi connectivity index (χ2n) is 5.54. The third-order valence-corrected chi connectivity index (χ3v) is 4.28. The minimum atomic E-state index is 0.108. The highest BCUT2D eigenvalue weighted by Gasteiger charge is 2.34. The van der Waals surface area contributed by atoms with Crippen molar-refractivity contribution < 1.29 is 4.79 Å². The highest BCUT2D eigenvalue weighted by atomic mass is 16.2. The highest BCUT2D eigenvalue weighted by Crippen LogP contribution is 2.38. The number of hydrogen-bond acceptors (Lipinski definition) is 2. The number of rotatable bonds is 3. The van der Waals surface area contributed by atoms with E-state index in [1.807, 2.05) is 4.90 Å². The summed E-state index contributed by atoms with van der Waals surface area (Å²) in [7, 11) is 0. The summed E-state index contributed by atoms with van der Waals surface area (Å²) in [6.07, 6.45) is 12.0. The Balaban J connectivity index is 1.93. The quantitative estimate of drug-likeness (QED) is 0.763. The first kappa shape index (κ1) is 12.6. The summed E-state index contributed by atoms with van der Waals surface area (Å²) >= 11 is 0. The Kier molecular flexibility index (Phi) is 4.21. The lowest BCUT2D eigenvalue weighted by Crippen LogP contribution is -2.41. The first-order valence-corrected chi connectivity index (χ1v) is 6.89. The topological polar surface area (TPSA) is 46.3 Å². The third-order valence-electron chi connectivity index (χ3n) is 4.28. The van der Waals surface area contributed by atoms with Crippen LogP contribution >= 0.6 is 0 Å². The minimum Gasteiger partial charge on any atom is -0.339 e. The zero-order valence-electron chi connectivity index (χ0n) is 10.7. The van der Waals surface area contributed by atoms with E-state index >= 15 is 0 Å². The van der Waals surface area contributed by atoms with Gasteiger partial charge < -0.3 is 10.6 Å². The Labute approximate surface area is 104 Å². The van der Waals surface area contributed by atoms with Crippen LogP contribution in [0.3, 0.4) is 0 Å². The fourth-order valence-electron chi connectivity index (χ4n) is 3.06. The summed E-state index contributed by atoms with van der Waals surface area (Å²) < 4.78 is 0. The van der Waals surface area contributed by atoms with Gasteiger partial charge in [0.2, 0.25) is 5.91 Å². The highest BCUT2D eigenvalue weighted by molar-refractivity contribution is 5.77. The van der Waals surface area contributed by atoms with Gasteiger partial charge in [-0.1, -0.05) is 31.4 Å². The van der Waals surface area contributed by atoms with Crippen LogP contribution in [0.2, 0.25) is 0 Å². The predicted molar refractivity (Wildman–Crippen MR) is 69.5 cm³/mol. The first-order chi connectivity index (χ1) is 8.26. The second-order valence-corrected chi connectivity index (χ2v) is 5.54. The summed E-state index contributed by atoms with van der Waals surface area (Å²) in [5, 5.41) is 0. The van der Waals surface area contributed by atoms with E-state index in [0.29, 0.717) is 18.9 Å². The zero-order chi connectivity index (χ0) is 12.1. The van der Waals surface area contributed by atoms with Crippen LogP contribution in [0.1, 0.15) is 44.9 Å². The number of nitrogens with two attached hydrogens (primary N) is 1. The Morgan fingerprint density at radius 3 is 2.59 bits per heavy atom. The SMILES string of the molecule is NCC1(CC(=O)N2CC=CCC2)CCCCC1. The molecular formula is C14H24N2O. The Morgan fingerprint density at radius 1 is 1.24 bits per heavy atom. The summed E-state index contributed by atoms with van der Waals surface area (Å²) in [4.78, 5) is 14.2. The number of carbonyl (C=O) groups is 1.